The van der Waals surface area contributed by atoms with Gasteiger partial charge in [-0.2, -0.15) is 7.82 Å². The first-order valence-corrected chi connectivity index (χ1v) is 2.19. The summed E-state index contributed by atoms with van der Waals surface area (Å²) in [7, 11) is -5.39. The van der Waals surface area contributed by atoms with Crippen LogP contribution in [0.2, 0.25) is 0 Å². The van der Waals surface area contributed by atoms with Crippen LogP contribution < -0.4 is 14.7 Å². The average Bonchev–Trinajstić information content (AvgIpc) is 0.722. The standard InChI is InChI=1S/Gd.La.H3O4P/c;;1-5(2,3)4/h;;(H3,1,2,3,4)/q2*+3;/p-3. The van der Waals surface area contributed by atoms with Gasteiger partial charge in [0.15, 0.2) is 0 Å². The summed E-state index contributed by atoms with van der Waals surface area (Å²) in [6.07, 6.45) is 0. The van der Waals surface area contributed by atoms with Crippen LogP contribution in [0.1, 0.15) is 0 Å². The molecule has 37 valence electrons. The molecule has 4 nitrogen and oxygen atoms in total. The molecule has 0 unspecified atom stereocenters. The fourth-order valence-electron chi connectivity index (χ4n) is 0. The molecule has 0 N–H and O–H groups in total. The maximum absolute atomic E-state index is 8.55. The Labute approximate surface area is 101 Å². The van der Waals surface area contributed by atoms with E-state index in [4.69, 9.17) is 19.2 Å². The number of rotatable bonds is 0. The Bertz CT molecular complexity index is 57.8. The zero-order valence-corrected chi connectivity index (χ0v) is 9.80. The minimum Gasteiger partial charge on any atom is -0.822 e. The average molecular weight is 391 g/mol. The largest absolute Gasteiger partial charge is 3.00 e. The summed E-state index contributed by atoms with van der Waals surface area (Å²) >= 11 is 0. The summed E-state index contributed by atoms with van der Waals surface area (Å²) in [6, 6.07) is 0. The van der Waals surface area contributed by atoms with E-state index in [0.29, 0.717) is 0 Å². The van der Waals surface area contributed by atoms with Crippen LogP contribution >= 0.6 is 7.82 Å². The van der Waals surface area contributed by atoms with Gasteiger partial charge in [0.2, 0.25) is 0 Å². The Balaban J connectivity index is -0.0000000800. The van der Waals surface area contributed by atoms with E-state index in [1.807, 2.05) is 0 Å². The number of phosphoric acid groups is 1. The monoisotopic (exact) mass is 392 g/mol. The molecule has 1 radical (unpaired) electrons. The van der Waals surface area contributed by atoms with Gasteiger partial charge in [0.1, 0.15) is 0 Å². The molecule has 0 aliphatic carbocycles. The first kappa shape index (κ1) is 16.3. The van der Waals surface area contributed by atoms with Gasteiger partial charge in [-0.05, 0) is 0 Å². The number of hydrogen-bond donors (Lipinski definition) is 0. The fourth-order valence-corrected chi connectivity index (χ4v) is 0. The van der Waals surface area contributed by atoms with Crippen LogP contribution in [0, 0.1) is 75.5 Å². The van der Waals surface area contributed by atoms with Gasteiger partial charge in [-0.25, -0.2) is 0 Å². The van der Waals surface area contributed by atoms with Crippen molar-refractivity contribution < 1.29 is 94.8 Å². The van der Waals surface area contributed by atoms with Gasteiger partial charge in [-0.15, -0.1) is 0 Å². The van der Waals surface area contributed by atoms with Crippen LogP contribution in [0.5, 0.6) is 0 Å². The van der Waals surface area contributed by atoms with E-state index in [2.05, 4.69) is 0 Å². The Morgan fingerprint density at radius 2 is 1.14 bits per heavy atom. The SMILES string of the molecule is O=P([O-])([O-])[O-].[Gd+3].[La+3]. The molecule has 0 bridgehead atoms. The van der Waals surface area contributed by atoms with Crippen molar-refractivity contribution in [1.29, 1.82) is 0 Å². The van der Waals surface area contributed by atoms with Crippen molar-refractivity contribution in [2.45, 2.75) is 0 Å². The molecule has 0 aromatic rings. The van der Waals surface area contributed by atoms with Gasteiger partial charge in [-0.3, -0.25) is 0 Å². The van der Waals surface area contributed by atoms with Gasteiger partial charge in [-0.1, -0.05) is 0 Å². The van der Waals surface area contributed by atoms with Crippen molar-refractivity contribution in [3.63, 3.8) is 0 Å². The van der Waals surface area contributed by atoms with Gasteiger partial charge < -0.3 is 19.2 Å². The molecule has 0 amide bonds. The molecule has 7 heteroatoms. The second-order valence-corrected chi connectivity index (χ2v) is 1.34. The summed E-state index contributed by atoms with van der Waals surface area (Å²) in [4.78, 5) is 25.6. The Kier molecular flexibility index (Phi) is 15.7. The minimum absolute atomic E-state index is 0. The smallest absolute Gasteiger partial charge is 0.822 e. The van der Waals surface area contributed by atoms with Crippen molar-refractivity contribution in [1.82, 2.24) is 0 Å². The van der Waals surface area contributed by atoms with Crippen molar-refractivity contribution in [3.8, 4) is 0 Å². The molecule has 0 atom stereocenters. The van der Waals surface area contributed by atoms with E-state index in [1.165, 1.54) is 0 Å². The fraction of sp³-hybridized carbons (Fsp3) is 0. The van der Waals surface area contributed by atoms with Crippen LogP contribution in [0.15, 0.2) is 0 Å². The van der Waals surface area contributed by atoms with Crippen LogP contribution in [0.4, 0.5) is 0 Å². The third-order valence-corrected chi connectivity index (χ3v) is 0. The molecule has 0 rings (SSSR count). The molecule has 0 fully saturated rings. The van der Waals surface area contributed by atoms with Crippen molar-refractivity contribution in [3.05, 3.63) is 0 Å². The van der Waals surface area contributed by atoms with Gasteiger partial charge in [0, 0.05) is 0 Å². The van der Waals surface area contributed by atoms with E-state index < -0.39 is 7.82 Å². The van der Waals surface area contributed by atoms with E-state index in [1.54, 1.807) is 0 Å². The first-order valence-electron chi connectivity index (χ1n) is 0.730. The minimum atomic E-state index is -5.39. The first-order chi connectivity index (χ1) is 2.00. The third kappa shape index (κ3) is 54.9. The molecule has 0 aromatic heterocycles. The predicted molar refractivity (Wildman–Crippen MR) is 7.61 cm³/mol. The van der Waals surface area contributed by atoms with Gasteiger partial charge >= 0.3 is 75.5 Å². The maximum Gasteiger partial charge on any atom is 3.00 e. The molecule has 0 saturated heterocycles. The van der Waals surface area contributed by atoms with Gasteiger partial charge in [0.05, 0.1) is 0 Å². The summed E-state index contributed by atoms with van der Waals surface area (Å²) in [5, 5.41) is 0. The Morgan fingerprint density at radius 1 is 1.14 bits per heavy atom. The normalized spacial score (nSPS) is 8.43. The molecule has 7 heavy (non-hydrogen) atoms. The van der Waals surface area contributed by atoms with Gasteiger partial charge in [0.25, 0.3) is 0 Å². The molecule has 0 aliphatic rings. The molecule has 0 aromatic carbocycles. The van der Waals surface area contributed by atoms with E-state index >= 15 is 0 Å². The summed E-state index contributed by atoms with van der Waals surface area (Å²) < 4.78 is 8.55. The maximum atomic E-state index is 8.55. The second kappa shape index (κ2) is 6.75. The number of hydrogen-bond acceptors (Lipinski definition) is 4. The summed E-state index contributed by atoms with van der Waals surface area (Å²) in [5.41, 5.74) is 0. The van der Waals surface area contributed by atoms with Crippen LogP contribution in [-0.2, 0) is 4.57 Å². The molecule has 0 spiro atoms. The van der Waals surface area contributed by atoms with Crippen LogP contribution in [0.25, 0.3) is 0 Å². The summed E-state index contributed by atoms with van der Waals surface area (Å²) in [6.45, 7) is 0. The van der Waals surface area contributed by atoms with E-state index in [9.17, 15) is 0 Å². The van der Waals surface area contributed by atoms with Crippen LogP contribution in [0.3, 0.4) is 0 Å². The van der Waals surface area contributed by atoms with Crippen LogP contribution in [-0.4, -0.2) is 0 Å². The molecule has 0 heterocycles. The Morgan fingerprint density at radius 3 is 1.14 bits per heavy atom. The van der Waals surface area contributed by atoms with E-state index in [-0.39, 0.29) is 75.5 Å². The van der Waals surface area contributed by atoms with Crippen molar-refractivity contribution >= 4 is 7.82 Å². The van der Waals surface area contributed by atoms with E-state index in [0.717, 1.165) is 0 Å². The molecular formula is GdLaO4P+3. The Hall–Kier alpha value is 2.63. The molecular weight excluding hydrogens is 391 g/mol. The van der Waals surface area contributed by atoms with Crippen molar-refractivity contribution in [2.75, 3.05) is 0 Å². The molecule has 0 aliphatic heterocycles. The topological polar surface area (TPSA) is 86.2 Å². The zero-order chi connectivity index (χ0) is 4.50. The quantitative estimate of drug-likeness (QED) is 0.417. The molecule has 0 saturated carbocycles. The van der Waals surface area contributed by atoms with Crippen molar-refractivity contribution in [2.24, 2.45) is 0 Å². The summed E-state index contributed by atoms with van der Waals surface area (Å²) in [5.74, 6) is 0. The predicted octanol–water partition coefficient (Wildman–Crippen LogP) is -2.82. The third-order valence-electron chi connectivity index (χ3n) is 0. The second-order valence-electron chi connectivity index (χ2n) is 0.447. The zero-order valence-electron chi connectivity index (χ0n) is 3.01.